The zero-order valence-corrected chi connectivity index (χ0v) is 25.3. The van der Waals surface area contributed by atoms with Crippen LogP contribution in [-0.2, 0) is 14.2 Å². The van der Waals surface area contributed by atoms with Gasteiger partial charge in [0.25, 0.3) is 5.91 Å². The summed E-state index contributed by atoms with van der Waals surface area (Å²) in [5.41, 5.74) is 3.78. The first-order valence-electron chi connectivity index (χ1n) is 14.1. The highest BCUT2D eigenvalue weighted by molar-refractivity contribution is 6.10. The van der Waals surface area contributed by atoms with Crippen LogP contribution in [0, 0.1) is 6.92 Å². The van der Waals surface area contributed by atoms with Crippen LogP contribution in [0.5, 0.6) is 11.5 Å². The van der Waals surface area contributed by atoms with Crippen molar-refractivity contribution in [3.05, 3.63) is 99.4 Å². The van der Waals surface area contributed by atoms with Gasteiger partial charge in [0.1, 0.15) is 17.4 Å². The van der Waals surface area contributed by atoms with Gasteiger partial charge >= 0.3 is 11.7 Å². The highest BCUT2D eigenvalue weighted by atomic mass is 16.7. The van der Waals surface area contributed by atoms with E-state index in [1.807, 2.05) is 0 Å². The molecule has 4 aromatic rings. The Morgan fingerprint density at radius 1 is 0.957 bits per heavy atom. The van der Waals surface area contributed by atoms with Crippen LogP contribution in [0.15, 0.2) is 75.9 Å². The molecule has 2 heterocycles. The Bertz CT molecular complexity index is 1850. The first-order valence-corrected chi connectivity index (χ1v) is 14.1. The first-order chi connectivity index (χ1) is 21.8. The number of carbonyl (C=O) groups is 3. The van der Waals surface area contributed by atoms with Gasteiger partial charge in [0.05, 0.1) is 11.0 Å². The van der Waals surface area contributed by atoms with Gasteiger partial charge in [-0.3, -0.25) is 9.59 Å². The quantitative estimate of drug-likeness (QED) is 0.163. The molecule has 0 radical (unpaired) electrons. The van der Waals surface area contributed by atoms with Crippen molar-refractivity contribution >= 4 is 34.4 Å². The summed E-state index contributed by atoms with van der Waals surface area (Å²) < 4.78 is 27.9. The van der Waals surface area contributed by atoms with E-state index in [4.69, 9.17) is 29.1 Å². The van der Waals surface area contributed by atoms with Gasteiger partial charge in [0, 0.05) is 29.4 Å². The van der Waals surface area contributed by atoms with Crippen molar-refractivity contribution in [2.75, 3.05) is 12.4 Å². The Hall–Kier alpha value is -5.24. The van der Waals surface area contributed by atoms with Gasteiger partial charge in [-0.25, -0.2) is 9.59 Å². The molecule has 2 amide bonds. The lowest BCUT2D eigenvalue weighted by Crippen LogP contribution is -2.65. The van der Waals surface area contributed by atoms with Crippen LogP contribution in [0.1, 0.15) is 45.7 Å². The predicted octanol–water partition coefficient (Wildman–Crippen LogP) is 3.64. The first kappa shape index (κ1) is 32.2. The number of amides is 2. The van der Waals surface area contributed by atoms with Crippen molar-refractivity contribution in [2.24, 2.45) is 5.73 Å². The summed E-state index contributed by atoms with van der Waals surface area (Å²) in [5.74, 6) is -1.36. The molecular formula is C33H32N2O11. The minimum Gasteiger partial charge on any atom is -0.505 e. The zero-order chi connectivity index (χ0) is 33.3. The van der Waals surface area contributed by atoms with E-state index in [1.54, 1.807) is 51.1 Å². The topological polar surface area (TPSA) is 197 Å². The molecule has 0 aliphatic carbocycles. The zero-order valence-electron chi connectivity index (χ0n) is 25.3. The standard InChI is InChI=1S/C33H32N2O11/c1-16-21(43-31-25(38)27(45-32(34)41)28(42-4)33(2,3)46-31)15-14-20-24(37)22(30(40)44-26(16)20)35-29(39)19-12-10-18(11-13-19)23(36)17-8-6-5-7-9-17/h5-15,25,27-28,31,37-38H,1-4H3,(H2,34,41)(H,35,39)/t25-,27+,28-,31-/m1/s1. The summed E-state index contributed by atoms with van der Waals surface area (Å²) in [4.78, 5) is 50.1. The average Bonchev–Trinajstić information content (AvgIpc) is 3.03. The number of ketones is 1. The second-order valence-corrected chi connectivity index (χ2v) is 11.2. The molecule has 1 aromatic heterocycles. The smallest absolute Gasteiger partial charge is 0.404 e. The SMILES string of the molecule is CO[C@@H]1[C@@H](OC(N)=O)[C@@H](O)[C@H](Oc2ccc3c(O)c(NC(=O)c4ccc(C(=O)c5ccccc5)cc4)c(=O)oc3c2C)OC1(C)C. The number of nitrogens with two attached hydrogens (primary N) is 1. The molecule has 1 saturated heterocycles. The summed E-state index contributed by atoms with van der Waals surface area (Å²) in [6.45, 7) is 4.85. The summed E-state index contributed by atoms with van der Waals surface area (Å²) in [6.07, 6.45) is -6.13. The number of aromatic hydroxyl groups is 1. The molecule has 1 aliphatic heterocycles. The van der Waals surface area contributed by atoms with Crippen LogP contribution in [-0.4, -0.2) is 65.3 Å². The molecule has 0 saturated carbocycles. The van der Waals surface area contributed by atoms with Gasteiger partial charge in [-0.15, -0.1) is 0 Å². The second kappa shape index (κ2) is 12.6. The molecule has 0 spiro atoms. The summed E-state index contributed by atoms with van der Waals surface area (Å²) in [6, 6.07) is 17.3. The van der Waals surface area contributed by atoms with Crippen molar-refractivity contribution in [1.29, 1.82) is 0 Å². The number of methoxy groups -OCH3 is 1. The van der Waals surface area contributed by atoms with Crippen LogP contribution >= 0.6 is 0 Å². The molecule has 0 bridgehead atoms. The fourth-order valence-corrected chi connectivity index (χ4v) is 5.39. The Labute approximate surface area is 262 Å². The Morgan fingerprint density at radius 3 is 2.22 bits per heavy atom. The third-order valence-corrected chi connectivity index (χ3v) is 7.70. The number of aliphatic hydroxyl groups is 1. The molecule has 13 nitrogen and oxygen atoms in total. The fraction of sp³-hybridized carbons (Fsp3) is 0.273. The third kappa shape index (κ3) is 6.15. The second-order valence-electron chi connectivity index (χ2n) is 11.2. The number of fused-ring (bicyclic) bond motifs is 1. The maximum absolute atomic E-state index is 13.0. The normalized spacial score (nSPS) is 20.5. The Kier molecular flexibility index (Phi) is 8.83. The number of rotatable bonds is 8. The monoisotopic (exact) mass is 632 g/mol. The van der Waals surface area contributed by atoms with Crippen molar-refractivity contribution in [3.63, 3.8) is 0 Å². The molecule has 1 aliphatic rings. The molecule has 46 heavy (non-hydrogen) atoms. The number of aryl methyl sites for hydroxylation is 1. The van der Waals surface area contributed by atoms with E-state index in [2.05, 4.69) is 5.32 Å². The number of ether oxygens (including phenoxy) is 4. The summed E-state index contributed by atoms with van der Waals surface area (Å²) in [7, 11) is 1.37. The molecular weight excluding hydrogens is 600 g/mol. The maximum atomic E-state index is 13.0. The molecule has 0 unspecified atom stereocenters. The van der Waals surface area contributed by atoms with Crippen LogP contribution in [0.4, 0.5) is 10.5 Å². The Morgan fingerprint density at radius 2 is 1.59 bits per heavy atom. The fourth-order valence-electron chi connectivity index (χ4n) is 5.39. The highest BCUT2D eigenvalue weighted by Crippen LogP contribution is 2.38. The van der Waals surface area contributed by atoms with Gasteiger partial charge in [0.2, 0.25) is 6.29 Å². The van der Waals surface area contributed by atoms with E-state index in [0.29, 0.717) is 11.1 Å². The van der Waals surface area contributed by atoms with Gasteiger partial charge in [-0.2, -0.15) is 0 Å². The molecule has 1 fully saturated rings. The molecule has 13 heteroatoms. The Balaban J connectivity index is 1.38. The van der Waals surface area contributed by atoms with Gasteiger partial charge < -0.3 is 44.6 Å². The number of nitrogens with one attached hydrogen (secondary N) is 1. The molecule has 3 aromatic carbocycles. The predicted molar refractivity (Wildman–Crippen MR) is 164 cm³/mol. The van der Waals surface area contributed by atoms with Crippen molar-refractivity contribution in [3.8, 4) is 11.5 Å². The van der Waals surface area contributed by atoms with Crippen LogP contribution in [0.2, 0.25) is 0 Å². The number of hydrogen-bond donors (Lipinski definition) is 4. The number of benzene rings is 3. The van der Waals surface area contributed by atoms with E-state index in [-0.39, 0.29) is 33.6 Å². The van der Waals surface area contributed by atoms with Crippen molar-refractivity contribution in [1.82, 2.24) is 0 Å². The number of carbonyl (C=O) groups excluding carboxylic acids is 3. The van der Waals surface area contributed by atoms with Crippen LogP contribution in [0.3, 0.4) is 0 Å². The lowest BCUT2D eigenvalue weighted by molar-refractivity contribution is -0.304. The minimum atomic E-state index is -1.52. The van der Waals surface area contributed by atoms with E-state index < -0.39 is 59.3 Å². The molecule has 5 rings (SSSR count). The van der Waals surface area contributed by atoms with E-state index in [1.165, 1.54) is 43.5 Å². The van der Waals surface area contributed by atoms with Gasteiger partial charge in [-0.05, 0) is 45.0 Å². The van der Waals surface area contributed by atoms with Crippen LogP contribution < -0.4 is 21.4 Å². The van der Waals surface area contributed by atoms with Gasteiger partial charge in [-0.1, -0.05) is 42.5 Å². The number of aliphatic hydroxyl groups excluding tert-OH is 1. The maximum Gasteiger partial charge on any atom is 0.404 e. The number of primary amides is 1. The third-order valence-electron chi connectivity index (χ3n) is 7.70. The van der Waals surface area contributed by atoms with Crippen LogP contribution in [0.25, 0.3) is 11.0 Å². The van der Waals surface area contributed by atoms with E-state index in [0.717, 1.165) is 0 Å². The van der Waals surface area contributed by atoms with Crippen molar-refractivity contribution in [2.45, 2.75) is 51.0 Å². The summed E-state index contributed by atoms with van der Waals surface area (Å²) in [5, 5.41) is 24.4. The largest absolute Gasteiger partial charge is 0.505 e. The lowest BCUT2D eigenvalue weighted by Gasteiger charge is -2.47. The van der Waals surface area contributed by atoms with E-state index >= 15 is 0 Å². The summed E-state index contributed by atoms with van der Waals surface area (Å²) >= 11 is 0. The molecule has 5 N–H and O–H groups in total. The highest BCUT2D eigenvalue weighted by Gasteiger charge is 2.53. The van der Waals surface area contributed by atoms with Crippen molar-refractivity contribution < 1.29 is 48.0 Å². The van der Waals surface area contributed by atoms with E-state index in [9.17, 15) is 29.4 Å². The van der Waals surface area contributed by atoms with Gasteiger partial charge in [0.15, 0.2) is 29.4 Å². The molecule has 4 atom stereocenters. The molecule has 240 valence electrons. The minimum absolute atomic E-state index is 0.0500. The number of hydrogen-bond acceptors (Lipinski definition) is 11. The average molecular weight is 633 g/mol. The number of anilines is 1. The lowest BCUT2D eigenvalue weighted by atomic mass is 9.89.